The molecule has 7 nitrogen and oxygen atoms in total. The minimum absolute atomic E-state index is 0.147. The second-order valence-electron chi connectivity index (χ2n) is 6.32. The molecule has 0 fully saturated rings. The Labute approximate surface area is 168 Å². The average Bonchev–Trinajstić information content (AvgIpc) is 3.19. The third-order valence-electron chi connectivity index (χ3n) is 4.32. The van der Waals surface area contributed by atoms with Gasteiger partial charge in [0.05, 0.1) is 19.7 Å². The van der Waals surface area contributed by atoms with E-state index in [0.29, 0.717) is 22.5 Å². The summed E-state index contributed by atoms with van der Waals surface area (Å²) in [6, 6.07) is 14.1. The molecular weight excluding hydrogens is 380 g/mol. The van der Waals surface area contributed by atoms with E-state index >= 15 is 0 Å². The molecule has 0 saturated heterocycles. The maximum Gasteiger partial charge on any atom is 0.247 e. The molecule has 3 rings (SSSR count). The molecule has 1 N–H and O–H groups in total. The van der Waals surface area contributed by atoms with Gasteiger partial charge in [-0.1, -0.05) is 11.6 Å². The number of aromatic nitrogens is 2. The Morgan fingerprint density at radius 3 is 2.50 bits per heavy atom. The lowest BCUT2D eigenvalue weighted by Gasteiger charge is -2.21. The van der Waals surface area contributed by atoms with Crippen molar-refractivity contribution in [2.24, 2.45) is 0 Å². The Hall–Kier alpha value is -2.90. The number of carbonyl (C=O) groups excluding carboxylic acids is 1. The first-order valence-electron chi connectivity index (χ1n) is 8.69. The van der Waals surface area contributed by atoms with E-state index in [1.807, 2.05) is 43.1 Å². The van der Waals surface area contributed by atoms with Crippen molar-refractivity contribution in [1.82, 2.24) is 15.1 Å². The first-order valence-corrected chi connectivity index (χ1v) is 9.07. The minimum Gasteiger partial charge on any atom is -0.497 e. The van der Waals surface area contributed by atoms with Gasteiger partial charge in [0.1, 0.15) is 5.75 Å². The van der Waals surface area contributed by atoms with E-state index in [0.717, 1.165) is 11.3 Å². The molecule has 28 heavy (non-hydrogen) atoms. The van der Waals surface area contributed by atoms with Crippen molar-refractivity contribution < 1.29 is 13.9 Å². The lowest BCUT2D eigenvalue weighted by atomic mass is 10.2. The van der Waals surface area contributed by atoms with Crippen molar-refractivity contribution in [3.05, 3.63) is 59.4 Å². The fourth-order valence-electron chi connectivity index (χ4n) is 2.54. The van der Waals surface area contributed by atoms with Crippen LogP contribution in [0.15, 0.2) is 52.9 Å². The Morgan fingerprint density at radius 1 is 1.18 bits per heavy atom. The van der Waals surface area contributed by atoms with Crippen LogP contribution in [0, 0.1) is 0 Å². The van der Waals surface area contributed by atoms with Gasteiger partial charge < -0.3 is 14.5 Å². The summed E-state index contributed by atoms with van der Waals surface area (Å²) < 4.78 is 10.9. The standard InChI is InChI=1S/C20H21ClN4O3/c1-13(25(2)12-18(26)22-16-8-6-15(21)7-9-16)19-23-24-20(28-19)14-4-10-17(27-3)11-5-14/h4-11,13H,12H2,1-3H3,(H,22,26)/t13-/m0/s1. The molecule has 0 bridgehead atoms. The van der Waals surface area contributed by atoms with Crippen LogP contribution in [0.3, 0.4) is 0 Å². The molecule has 0 spiro atoms. The zero-order valence-electron chi connectivity index (χ0n) is 15.8. The first kappa shape index (κ1) is 19.9. The topological polar surface area (TPSA) is 80.5 Å². The third-order valence-corrected chi connectivity index (χ3v) is 4.57. The fourth-order valence-corrected chi connectivity index (χ4v) is 2.67. The van der Waals surface area contributed by atoms with E-state index in [1.54, 1.807) is 31.4 Å². The number of rotatable bonds is 7. The van der Waals surface area contributed by atoms with E-state index in [1.165, 1.54) is 0 Å². The highest BCUT2D eigenvalue weighted by Crippen LogP contribution is 2.24. The highest BCUT2D eigenvalue weighted by atomic mass is 35.5. The van der Waals surface area contributed by atoms with Crippen LogP contribution in [0.5, 0.6) is 5.75 Å². The largest absolute Gasteiger partial charge is 0.497 e. The highest BCUT2D eigenvalue weighted by molar-refractivity contribution is 6.30. The normalized spacial score (nSPS) is 12.0. The van der Waals surface area contributed by atoms with E-state index in [2.05, 4.69) is 15.5 Å². The van der Waals surface area contributed by atoms with Crippen LogP contribution in [0.4, 0.5) is 5.69 Å². The molecule has 0 saturated carbocycles. The van der Waals surface area contributed by atoms with E-state index in [9.17, 15) is 4.79 Å². The number of methoxy groups -OCH3 is 1. The number of amides is 1. The molecule has 146 valence electrons. The van der Waals surface area contributed by atoms with Gasteiger partial charge in [0.2, 0.25) is 17.7 Å². The molecule has 0 unspecified atom stereocenters. The van der Waals surface area contributed by atoms with Gasteiger partial charge in [0.15, 0.2) is 0 Å². The third kappa shape index (κ3) is 4.88. The van der Waals surface area contributed by atoms with Gasteiger partial charge in [-0.3, -0.25) is 9.69 Å². The van der Waals surface area contributed by atoms with Crippen LogP contribution < -0.4 is 10.1 Å². The molecule has 1 atom stereocenters. The molecule has 0 aliphatic heterocycles. The molecule has 0 aliphatic carbocycles. The van der Waals surface area contributed by atoms with Gasteiger partial charge in [0, 0.05) is 16.3 Å². The monoisotopic (exact) mass is 400 g/mol. The van der Waals surface area contributed by atoms with Crippen LogP contribution in [-0.2, 0) is 4.79 Å². The summed E-state index contributed by atoms with van der Waals surface area (Å²) >= 11 is 5.85. The summed E-state index contributed by atoms with van der Waals surface area (Å²) in [5.41, 5.74) is 1.49. The molecule has 0 radical (unpaired) electrons. The minimum atomic E-state index is -0.226. The number of ether oxygens (including phenoxy) is 1. The Kier molecular flexibility index (Phi) is 6.28. The molecule has 1 aromatic heterocycles. The summed E-state index contributed by atoms with van der Waals surface area (Å²) in [5.74, 6) is 1.46. The summed E-state index contributed by atoms with van der Waals surface area (Å²) in [4.78, 5) is 14.1. The van der Waals surface area contributed by atoms with Gasteiger partial charge >= 0.3 is 0 Å². The van der Waals surface area contributed by atoms with Crippen LogP contribution in [0.1, 0.15) is 18.9 Å². The molecule has 3 aromatic rings. The van der Waals surface area contributed by atoms with Crippen molar-refractivity contribution in [3.8, 4) is 17.2 Å². The number of carbonyl (C=O) groups is 1. The SMILES string of the molecule is COc1ccc(-c2nnc([C@H](C)N(C)CC(=O)Nc3ccc(Cl)cc3)o2)cc1. The molecule has 1 heterocycles. The zero-order chi connectivity index (χ0) is 20.1. The number of hydrogen-bond acceptors (Lipinski definition) is 6. The van der Waals surface area contributed by atoms with Gasteiger partial charge in [-0.05, 0) is 62.5 Å². The molecule has 8 heteroatoms. The van der Waals surface area contributed by atoms with Gasteiger partial charge in [0.25, 0.3) is 0 Å². The Morgan fingerprint density at radius 2 is 1.86 bits per heavy atom. The number of benzene rings is 2. The number of anilines is 1. The smallest absolute Gasteiger partial charge is 0.247 e. The van der Waals surface area contributed by atoms with Crippen LogP contribution in [0.2, 0.25) is 5.02 Å². The summed E-state index contributed by atoms with van der Waals surface area (Å²) in [5, 5.41) is 11.7. The first-order chi connectivity index (χ1) is 13.5. The number of likely N-dealkylation sites (N-methyl/N-ethyl adjacent to an activating group) is 1. The predicted molar refractivity (Wildman–Crippen MR) is 107 cm³/mol. The molecule has 1 amide bonds. The maximum absolute atomic E-state index is 12.3. The van der Waals surface area contributed by atoms with Crippen molar-refractivity contribution in [2.45, 2.75) is 13.0 Å². The Balaban J connectivity index is 1.61. The quantitative estimate of drug-likeness (QED) is 0.644. The van der Waals surface area contributed by atoms with E-state index in [-0.39, 0.29) is 18.5 Å². The van der Waals surface area contributed by atoms with Crippen molar-refractivity contribution >= 4 is 23.2 Å². The van der Waals surface area contributed by atoms with Crippen molar-refractivity contribution in [1.29, 1.82) is 0 Å². The maximum atomic E-state index is 12.3. The summed E-state index contributed by atoms with van der Waals surface area (Å²) in [6.45, 7) is 2.07. The predicted octanol–water partition coefficient (Wildman–Crippen LogP) is 4.03. The zero-order valence-corrected chi connectivity index (χ0v) is 16.6. The number of nitrogens with zero attached hydrogens (tertiary/aromatic N) is 3. The van der Waals surface area contributed by atoms with Crippen LogP contribution in [0.25, 0.3) is 11.5 Å². The molecular formula is C20H21ClN4O3. The number of nitrogens with one attached hydrogen (secondary N) is 1. The summed E-state index contributed by atoms with van der Waals surface area (Å²) in [6.07, 6.45) is 0. The van der Waals surface area contributed by atoms with Gasteiger partial charge in [-0.25, -0.2) is 0 Å². The summed E-state index contributed by atoms with van der Waals surface area (Å²) in [7, 11) is 3.43. The fraction of sp³-hybridized carbons (Fsp3) is 0.250. The second-order valence-corrected chi connectivity index (χ2v) is 6.76. The Bertz CT molecular complexity index is 925. The van der Waals surface area contributed by atoms with E-state index < -0.39 is 0 Å². The van der Waals surface area contributed by atoms with Crippen LogP contribution >= 0.6 is 11.6 Å². The number of halogens is 1. The van der Waals surface area contributed by atoms with Crippen LogP contribution in [-0.4, -0.2) is 41.7 Å². The number of hydrogen-bond donors (Lipinski definition) is 1. The van der Waals surface area contributed by atoms with Crippen molar-refractivity contribution in [3.63, 3.8) is 0 Å². The highest BCUT2D eigenvalue weighted by Gasteiger charge is 2.21. The lowest BCUT2D eigenvalue weighted by molar-refractivity contribution is -0.117. The van der Waals surface area contributed by atoms with Crippen molar-refractivity contribution in [2.75, 3.05) is 26.0 Å². The van der Waals surface area contributed by atoms with Gasteiger partial charge in [-0.15, -0.1) is 10.2 Å². The van der Waals surface area contributed by atoms with E-state index in [4.69, 9.17) is 20.8 Å². The molecule has 2 aromatic carbocycles. The van der Waals surface area contributed by atoms with Gasteiger partial charge in [-0.2, -0.15) is 0 Å². The average molecular weight is 401 g/mol. The molecule has 0 aliphatic rings. The lowest BCUT2D eigenvalue weighted by Crippen LogP contribution is -2.32. The second kappa shape index (κ2) is 8.86.